The average Bonchev–Trinajstić information content (AvgIpc) is 3.49. The van der Waals surface area contributed by atoms with E-state index in [0.29, 0.717) is 22.6 Å². The van der Waals surface area contributed by atoms with Crippen molar-refractivity contribution in [3.8, 4) is 5.75 Å². The minimum Gasteiger partial charge on any atom is -0.497 e. The molecule has 1 saturated heterocycles. The van der Waals surface area contributed by atoms with Crippen LogP contribution in [0.4, 0.5) is 5.69 Å². The van der Waals surface area contributed by atoms with Crippen LogP contribution in [0.5, 0.6) is 5.75 Å². The summed E-state index contributed by atoms with van der Waals surface area (Å²) in [5.74, 6) is -1.52. The third kappa shape index (κ3) is 3.54. The number of amides is 1. The monoisotopic (exact) mass is 560 g/mol. The lowest BCUT2D eigenvalue weighted by molar-refractivity contribution is -0.122. The Morgan fingerprint density at radius 2 is 1.66 bits per heavy atom. The zero-order valence-corrected chi connectivity index (χ0v) is 22.8. The molecule has 7 heteroatoms. The lowest BCUT2D eigenvalue weighted by Gasteiger charge is -2.38. The number of methoxy groups -OCH3 is 1. The van der Waals surface area contributed by atoms with Crippen molar-refractivity contribution >= 4 is 40.8 Å². The molecule has 6 nitrogen and oxygen atoms in total. The van der Waals surface area contributed by atoms with Gasteiger partial charge in [-0.2, -0.15) is 0 Å². The molecule has 1 spiro atoms. The van der Waals surface area contributed by atoms with Gasteiger partial charge in [0.2, 0.25) is 5.91 Å². The van der Waals surface area contributed by atoms with Crippen LogP contribution in [0.25, 0.3) is 6.08 Å². The number of hydrogen-bond donors (Lipinski definition) is 1. The summed E-state index contributed by atoms with van der Waals surface area (Å²) in [4.78, 5) is 45.8. The summed E-state index contributed by atoms with van der Waals surface area (Å²) >= 11 is 6.60. The van der Waals surface area contributed by atoms with Gasteiger partial charge in [-0.3, -0.25) is 14.4 Å². The molecule has 4 aromatic rings. The summed E-state index contributed by atoms with van der Waals surface area (Å²) in [6.07, 6.45) is 3.79. The number of rotatable bonds is 5. The van der Waals surface area contributed by atoms with Gasteiger partial charge in [0.25, 0.3) is 0 Å². The molecule has 3 aliphatic heterocycles. The van der Waals surface area contributed by atoms with E-state index in [0.717, 1.165) is 11.1 Å². The number of fused-ring (bicyclic) bond motifs is 6. The summed E-state index contributed by atoms with van der Waals surface area (Å²) in [5, 5.41) is 3.33. The predicted octanol–water partition coefficient (Wildman–Crippen LogP) is 6.33. The van der Waals surface area contributed by atoms with E-state index in [1.807, 2.05) is 65.7 Å². The number of benzene rings is 4. The number of nitrogens with zero attached hydrogens (tertiary/aromatic N) is 1. The van der Waals surface area contributed by atoms with Crippen LogP contribution < -0.4 is 10.1 Å². The molecule has 7 rings (SSSR count). The van der Waals surface area contributed by atoms with E-state index in [4.69, 9.17) is 16.3 Å². The zero-order chi connectivity index (χ0) is 28.3. The molecule has 0 bridgehead atoms. The highest BCUT2D eigenvalue weighted by atomic mass is 35.5. The van der Waals surface area contributed by atoms with E-state index >= 15 is 0 Å². The van der Waals surface area contributed by atoms with Crippen molar-refractivity contribution in [2.24, 2.45) is 5.92 Å². The Hall–Kier alpha value is -4.68. The molecular weight excluding hydrogens is 536 g/mol. The number of anilines is 1. The zero-order valence-electron chi connectivity index (χ0n) is 22.1. The largest absolute Gasteiger partial charge is 0.497 e. The van der Waals surface area contributed by atoms with Crippen LogP contribution in [-0.2, 0) is 10.2 Å². The van der Waals surface area contributed by atoms with E-state index in [2.05, 4.69) is 5.32 Å². The lowest BCUT2D eigenvalue weighted by atomic mass is 9.62. The highest BCUT2D eigenvalue weighted by molar-refractivity contribution is 6.34. The van der Waals surface area contributed by atoms with Gasteiger partial charge in [-0.15, -0.1) is 0 Å². The van der Waals surface area contributed by atoms with Gasteiger partial charge in [0.05, 0.1) is 24.1 Å². The number of ether oxygens (including phenoxy) is 1. The fraction of sp³-hybridized carbons (Fsp3) is 0.147. The quantitative estimate of drug-likeness (QED) is 0.289. The number of halogens is 1. The van der Waals surface area contributed by atoms with Gasteiger partial charge < -0.3 is 15.0 Å². The summed E-state index contributed by atoms with van der Waals surface area (Å²) in [6, 6.07) is 27.3. The molecule has 4 aromatic carbocycles. The number of hydrogen-bond acceptors (Lipinski definition) is 5. The number of nitrogens with one attached hydrogen (secondary N) is 1. The van der Waals surface area contributed by atoms with Crippen LogP contribution in [0.15, 0.2) is 103 Å². The Labute approximate surface area is 242 Å². The van der Waals surface area contributed by atoms with Crippen molar-refractivity contribution in [2.75, 3.05) is 12.4 Å². The highest BCUT2D eigenvalue weighted by Gasteiger charge is 2.70. The number of carbonyl (C=O) groups is 3. The number of Topliss-reactive ketones (excluding diaryl/α,β-unsaturated/α-hetero) is 2. The van der Waals surface area contributed by atoms with Crippen molar-refractivity contribution in [3.05, 3.63) is 136 Å². The molecule has 1 N–H and O–H groups in total. The molecule has 41 heavy (non-hydrogen) atoms. The molecule has 0 radical (unpaired) electrons. The molecule has 1 amide bonds. The normalized spacial score (nSPS) is 23.5. The molecule has 0 unspecified atom stereocenters. The second kappa shape index (κ2) is 9.46. The summed E-state index contributed by atoms with van der Waals surface area (Å²) in [5.41, 5.74) is 2.39. The Kier molecular flexibility index (Phi) is 5.84. The second-order valence-electron chi connectivity index (χ2n) is 10.5. The van der Waals surface area contributed by atoms with Crippen molar-refractivity contribution in [2.45, 2.75) is 17.5 Å². The number of para-hydroxylation sites is 1. The van der Waals surface area contributed by atoms with Crippen LogP contribution in [0.1, 0.15) is 43.4 Å². The number of ketones is 2. The van der Waals surface area contributed by atoms with Crippen molar-refractivity contribution in [1.29, 1.82) is 0 Å². The minimum atomic E-state index is -1.41. The van der Waals surface area contributed by atoms with Gasteiger partial charge in [0.15, 0.2) is 11.6 Å². The van der Waals surface area contributed by atoms with E-state index in [-0.39, 0.29) is 28.1 Å². The topological polar surface area (TPSA) is 75.7 Å². The summed E-state index contributed by atoms with van der Waals surface area (Å²) < 4.78 is 5.41. The molecule has 0 aliphatic carbocycles. The van der Waals surface area contributed by atoms with Crippen molar-refractivity contribution in [1.82, 2.24) is 4.90 Å². The Morgan fingerprint density at radius 1 is 0.902 bits per heavy atom. The van der Waals surface area contributed by atoms with E-state index < -0.39 is 23.4 Å². The molecular formula is C34H25ClN2O4. The first-order valence-corrected chi connectivity index (χ1v) is 13.8. The van der Waals surface area contributed by atoms with Crippen LogP contribution in [0.3, 0.4) is 0 Å². The van der Waals surface area contributed by atoms with Crippen molar-refractivity contribution in [3.63, 3.8) is 0 Å². The number of carbonyl (C=O) groups excluding carboxylic acids is 3. The smallest absolute Gasteiger partial charge is 0.238 e. The maximum absolute atomic E-state index is 14.8. The van der Waals surface area contributed by atoms with Gasteiger partial charge in [0, 0.05) is 23.0 Å². The van der Waals surface area contributed by atoms with Crippen molar-refractivity contribution < 1.29 is 19.1 Å². The standard InChI is InChI=1S/C34H25ClN2O4/c1-41-22-11-8-10-21(19-22)30(38)29-28(31(39)24-13-4-6-15-26(24)35)34(25-14-5-7-16-27(25)36-33(34)40)32-23-12-3-2-9-20(23)17-18-37(29)32/h2-19,28-29,32H,1H3,(H,36,40)/t28-,29-,32+,34-/m0/s1. The van der Waals surface area contributed by atoms with Gasteiger partial charge in [-0.05, 0) is 53.1 Å². The Balaban J connectivity index is 1.54. The second-order valence-corrected chi connectivity index (χ2v) is 10.9. The third-order valence-electron chi connectivity index (χ3n) is 8.62. The van der Waals surface area contributed by atoms with Gasteiger partial charge >= 0.3 is 0 Å². The Bertz CT molecular complexity index is 1780. The summed E-state index contributed by atoms with van der Waals surface area (Å²) in [7, 11) is 1.54. The minimum absolute atomic E-state index is 0.271. The Morgan fingerprint density at radius 3 is 2.49 bits per heavy atom. The van der Waals surface area contributed by atoms with Gasteiger partial charge in [-0.1, -0.05) is 78.3 Å². The fourth-order valence-corrected chi connectivity index (χ4v) is 7.17. The first-order valence-electron chi connectivity index (χ1n) is 13.4. The third-order valence-corrected chi connectivity index (χ3v) is 8.94. The molecule has 4 atom stereocenters. The lowest BCUT2D eigenvalue weighted by Crippen LogP contribution is -2.49. The van der Waals surface area contributed by atoms with Crippen LogP contribution in [0.2, 0.25) is 5.02 Å². The molecule has 202 valence electrons. The first-order chi connectivity index (χ1) is 20.0. The van der Waals surface area contributed by atoms with E-state index in [1.165, 1.54) is 7.11 Å². The van der Waals surface area contributed by atoms with Crippen LogP contribution in [-0.4, -0.2) is 35.5 Å². The molecule has 3 heterocycles. The van der Waals surface area contributed by atoms with Crippen LogP contribution in [0, 0.1) is 5.92 Å². The highest BCUT2D eigenvalue weighted by Crippen LogP contribution is 2.62. The van der Waals surface area contributed by atoms with Crippen LogP contribution >= 0.6 is 11.6 Å². The maximum Gasteiger partial charge on any atom is 0.238 e. The molecule has 3 aliphatic rings. The van der Waals surface area contributed by atoms with Gasteiger partial charge in [0.1, 0.15) is 17.2 Å². The SMILES string of the molecule is COc1cccc(C(=O)[C@@H]2[C@@H](C(=O)c3ccccc3Cl)[C@]3(C(=O)Nc4ccccc43)[C@H]3c4ccccc4C=CN23)c1. The molecule has 0 aromatic heterocycles. The average molecular weight is 561 g/mol. The molecule has 1 fully saturated rings. The summed E-state index contributed by atoms with van der Waals surface area (Å²) in [6.45, 7) is 0. The predicted molar refractivity (Wildman–Crippen MR) is 157 cm³/mol. The van der Waals surface area contributed by atoms with Gasteiger partial charge in [-0.25, -0.2) is 0 Å². The molecule has 0 saturated carbocycles. The van der Waals surface area contributed by atoms with E-state index in [1.54, 1.807) is 48.5 Å². The maximum atomic E-state index is 14.8. The van der Waals surface area contributed by atoms with E-state index in [9.17, 15) is 14.4 Å². The first kappa shape index (κ1) is 25.3. The fourth-order valence-electron chi connectivity index (χ4n) is 6.94.